The number of rotatable bonds is 2. The van der Waals surface area contributed by atoms with E-state index in [1.807, 2.05) is 6.92 Å². The number of hydrogen-bond acceptors (Lipinski definition) is 3. The first-order chi connectivity index (χ1) is 6.68. The summed E-state index contributed by atoms with van der Waals surface area (Å²) in [7, 11) is 2.08. The lowest BCUT2D eigenvalue weighted by Gasteiger charge is -2.36. The molecule has 1 heterocycles. The van der Waals surface area contributed by atoms with Gasteiger partial charge in [-0.15, -0.1) is 0 Å². The molecule has 0 atom stereocenters. The molecule has 4 heteroatoms. The van der Waals surface area contributed by atoms with E-state index in [-0.39, 0.29) is 0 Å². The molecule has 0 bridgehead atoms. The van der Waals surface area contributed by atoms with E-state index in [1.54, 1.807) is 6.20 Å². The highest BCUT2D eigenvalue weighted by atomic mass is 35.5. The van der Waals surface area contributed by atoms with Crippen molar-refractivity contribution in [2.45, 2.75) is 32.2 Å². The Balaban J connectivity index is 2.24. The molecule has 3 nitrogen and oxygen atoms in total. The van der Waals surface area contributed by atoms with E-state index < -0.39 is 0 Å². The molecule has 0 saturated heterocycles. The molecule has 76 valence electrons. The van der Waals surface area contributed by atoms with Gasteiger partial charge in [-0.3, -0.25) is 0 Å². The van der Waals surface area contributed by atoms with Gasteiger partial charge in [0.25, 0.3) is 0 Å². The van der Waals surface area contributed by atoms with Crippen molar-refractivity contribution in [2.24, 2.45) is 0 Å². The minimum Gasteiger partial charge on any atom is -0.356 e. The van der Waals surface area contributed by atoms with Crippen molar-refractivity contribution in [1.82, 2.24) is 9.97 Å². The molecule has 0 amide bonds. The zero-order valence-electron chi connectivity index (χ0n) is 8.50. The van der Waals surface area contributed by atoms with Crippen molar-refractivity contribution >= 4 is 17.4 Å². The molecular weight excluding hydrogens is 198 g/mol. The molecule has 0 radical (unpaired) electrons. The molecule has 1 fully saturated rings. The summed E-state index contributed by atoms with van der Waals surface area (Å²) in [5, 5.41) is 0.330. The highest BCUT2D eigenvalue weighted by molar-refractivity contribution is 6.28. The van der Waals surface area contributed by atoms with Gasteiger partial charge in [0.05, 0.1) is 0 Å². The van der Waals surface area contributed by atoms with E-state index >= 15 is 0 Å². The first kappa shape index (κ1) is 9.71. The summed E-state index contributed by atoms with van der Waals surface area (Å²) in [6, 6.07) is 0.639. The molecule has 0 N–H and O–H groups in total. The fraction of sp³-hybridized carbons (Fsp3) is 0.600. The lowest BCUT2D eigenvalue weighted by molar-refractivity contribution is 0.399. The van der Waals surface area contributed by atoms with Crippen LogP contribution < -0.4 is 4.90 Å². The standard InChI is InChI=1S/C10H14ClN3/c1-7-6-12-10(11)13-9(7)14(2)8-4-3-5-8/h6,8H,3-5H2,1-2H3. The van der Waals surface area contributed by atoms with E-state index in [9.17, 15) is 0 Å². The number of halogens is 1. The van der Waals surface area contributed by atoms with Crippen LogP contribution in [0.15, 0.2) is 6.20 Å². The maximum absolute atomic E-state index is 5.78. The van der Waals surface area contributed by atoms with Crippen molar-refractivity contribution in [3.8, 4) is 0 Å². The lowest BCUT2D eigenvalue weighted by atomic mass is 9.92. The smallest absolute Gasteiger partial charge is 0.224 e. The molecule has 0 aliphatic heterocycles. The predicted molar refractivity (Wildman–Crippen MR) is 57.8 cm³/mol. The van der Waals surface area contributed by atoms with Gasteiger partial charge in [0, 0.05) is 24.8 Å². The van der Waals surface area contributed by atoms with Crippen LogP contribution in [0.2, 0.25) is 5.28 Å². The second-order valence-electron chi connectivity index (χ2n) is 3.84. The topological polar surface area (TPSA) is 29.0 Å². The third-order valence-electron chi connectivity index (χ3n) is 2.87. The lowest BCUT2D eigenvalue weighted by Crippen LogP contribution is -2.38. The molecule has 2 rings (SSSR count). The Labute approximate surface area is 89.1 Å². The molecule has 0 spiro atoms. The third-order valence-corrected chi connectivity index (χ3v) is 3.05. The molecule has 1 aliphatic carbocycles. The van der Waals surface area contributed by atoms with E-state index in [0.29, 0.717) is 11.3 Å². The Bertz CT molecular complexity index is 336. The SMILES string of the molecule is Cc1cnc(Cl)nc1N(C)C1CCC1. The van der Waals surface area contributed by atoms with Crippen molar-refractivity contribution in [2.75, 3.05) is 11.9 Å². The molecule has 1 aromatic heterocycles. The first-order valence-corrected chi connectivity index (χ1v) is 5.28. The monoisotopic (exact) mass is 211 g/mol. The van der Waals surface area contributed by atoms with Crippen LogP contribution in [0.1, 0.15) is 24.8 Å². The average molecular weight is 212 g/mol. The van der Waals surface area contributed by atoms with Crippen LogP contribution in [0.4, 0.5) is 5.82 Å². The summed E-state index contributed by atoms with van der Waals surface area (Å²) in [6.45, 7) is 2.01. The van der Waals surface area contributed by atoms with Gasteiger partial charge in [-0.2, -0.15) is 0 Å². The predicted octanol–water partition coefficient (Wildman–Crippen LogP) is 2.43. The van der Waals surface area contributed by atoms with Crippen molar-refractivity contribution in [3.63, 3.8) is 0 Å². The number of hydrogen-bond donors (Lipinski definition) is 0. The second kappa shape index (κ2) is 3.73. The van der Waals surface area contributed by atoms with Crippen LogP contribution in [0.3, 0.4) is 0 Å². The average Bonchev–Trinajstić information content (AvgIpc) is 2.06. The molecule has 1 aliphatic rings. The van der Waals surface area contributed by atoms with Crippen molar-refractivity contribution in [3.05, 3.63) is 17.0 Å². The zero-order chi connectivity index (χ0) is 10.1. The van der Waals surface area contributed by atoms with Crippen LogP contribution in [0, 0.1) is 6.92 Å². The summed E-state index contributed by atoms with van der Waals surface area (Å²) in [6.07, 6.45) is 5.63. The molecule has 1 aromatic rings. The van der Waals surface area contributed by atoms with E-state index in [4.69, 9.17) is 11.6 Å². The van der Waals surface area contributed by atoms with E-state index in [0.717, 1.165) is 11.4 Å². The Hall–Kier alpha value is -0.830. The largest absolute Gasteiger partial charge is 0.356 e. The number of aromatic nitrogens is 2. The van der Waals surface area contributed by atoms with Gasteiger partial charge in [-0.25, -0.2) is 9.97 Å². The Morgan fingerprint density at radius 3 is 2.79 bits per heavy atom. The maximum Gasteiger partial charge on any atom is 0.224 e. The minimum atomic E-state index is 0.330. The van der Waals surface area contributed by atoms with E-state index in [2.05, 4.69) is 21.9 Å². The summed E-state index contributed by atoms with van der Waals surface area (Å²) in [5.41, 5.74) is 1.09. The van der Waals surface area contributed by atoms with Gasteiger partial charge in [-0.05, 0) is 37.8 Å². The first-order valence-electron chi connectivity index (χ1n) is 4.90. The molecule has 0 aromatic carbocycles. The maximum atomic E-state index is 5.78. The third kappa shape index (κ3) is 1.69. The van der Waals surface area contributed by atoms with E-state index in [1.165, 1.54) is 19.3 Å². The zero-order valence-corrected chi connectivity index (χ0v) is 9.25. The number of aryl methyl sites for hydroxylation is 1. The quantitative estimate of drug-likeness (QED) is 0.704. The van der Waals surface area contributed by atoms with Gasteiger partial charge in [0.2, 0.25) is 5.28 Å². The Kier molecular flexibility index (Phi) is 2.59. The second-order valence-corrected chi connectivity index (χ2v) is 4.18. The van der Waals surface area contributed by atoms with Crippen LogP contribution in [-0.4, -0.2) is 23.1 Å². The summed E-state index contributed by atoms with van der Waals surface area (Å²) < 4.78 is 0. The van der Waals surface area contributed by atoms with Gasteiger partial charge in [-0.1, -0.05) is 0 Å². The fourth-order valence-electron chi connectivity index (χ4n) is 1.72. The molecular formula is C10H14ClN3. The number of anilines is 1. The fourth-order valence-corrected chi connectivity index (χ4v) is 1.85. The minimum absolute atomic E-state index is 0.330. The number of nitrogens with zero attached hydrogens (tertiary/aromatic N) is 3. The molecule has 14 heavy (non-hydrogen) atoms. The van der Waals surface area contributed by atoms with Crippen LogP contribution in [0.5, 0.6) is 0 Å². The Morgan fingerprint density at radius 2 is 2.21 bits per heavy atom. The van der Waals surface area contributed by atoms with Gasteiger partial charge < -0.3 is 4.90 Å². The summed E-state index contributed by atoms with van der Waals surface area (Å²) in [5.74, 6) is 0.967. The molecule has 0 unspecified atom stereocenters. The van der Waals surface area contributed by atoms with Crippen LogP contribution >= 0.6 is 11.6 Å². The Morgan fingerprint density at radius 1 is 1.50 bits per heavy atom. The highest BCUT2D eigenvalue weighted by Gasteiger charge is 2.24. The van der Waals surface area contributed by atoms with Crippen LogP contribution in [0.25, 0.3) is 0 Å². The summed E-state index contributed by atoms with van der Waals surface area (Å²) in [4.78, 5) is 10.4. The highest BCUT2D eigenvalue weighted by Crippen LogP contribution is 2.28. The summed E-state index contributed by atoms with van der Waals surface area (Å²) >= 11 is 5.78. The van der Waals surface area contributed by atoms with Gasteiger partial charge >= 0.3 is 0 Å². The van der Waals surface area contributed by atoms with Crippen molar-refractivity contribution in [1.29, 1.82) is 0 Å². The normalized spacial score (nSPS) is 16.5. The van der Waals surface area contributed by atoms with Crippen molar-refractivity contribution < 1.29 is 0 Å². The van der Waals surface area contributed by atoms with Crippen LogP contribution in [-0.2, 0) is 0 Å². The molecule has 1 saturated carbocycles. The van der Waals surface area contributed by atoms with Gasteiger partial charge in [0.1, 0.15) is 5.82 Å². The van der Waals surface area contributed by atoms with Gasteiger partial charge in [0.15, 0.2) is 0 Å².